The van der Waals surface area contributed by atoms with Crippen LogP contribution in [0.25, 0.3) is 0 Å². The number of benzene rings is 2. The Bertz CT molecular complexity index is 1020. The van der Waals surface area contributed by atoms with Crippen molar-refractivity contribution in [3.05, 3.63) is 83.1 Å². The Morgan fingerprint density at radius 3 is 2.59 bits per heavy atom. The Morgan fingerprint density at radius 1 is 1.00 bits per heavy atom. The predicted molar refractivity (Wildman–Crippen MR) is 103 cm³/mol. The molecule has 0 amide bonds. The van der Waals surface area contributed by atoms with Gasteiger partial charge in [0.05, 0.1) is 18.9 Å². The molecule has 2 bridgehead atoms. The van der Waals surface area contributed by atoms with Gasteiger partial charge in [0.1, 0.15) is 0 Å². The van der Waals surface area contributed by atoms with Crippen molar-refractivity contribution in [2.45, 2.75) is 37.2 Å². The third kappa shape index (κ3) is 3.27. The molecule has 2 atom stereocenters. The Labute approximate surface area is 167 Å². The van der Waals surface area contributed by atoms with Gasteiger partial charge in [0.2, 0.25) is 11.6 Å². The molecule has 0 N–H and O–H groups in total. The van der Waals surface area contributed by atoms with Gasteiger partial charge in [0.15, 0.2) is 11.6 Å². The van der Waals surface area contributed by atoms with Crippen LogP contribution < -0.4 is 4.74 Å². The number of hydrogen-bond acceptors (Lipinski definition) is 4. The second-order valence-electron chi connectivity index (χ2n) is 7.84. The minimum absolute atomic E-state index is 0.112. The molecule has 0 unspecified atom stereocenters. The Kier molecular flexibility index (Phi) is 4.51. The van der Waals surface area contributed by atoms with E-state index < -0.39 is 17.4 Å². The smallest absolute Gasteiger partial charge is 0.239 e. The molecular weight excluding hydrogens is 374 g/mol. The van der Waals surface area contributed by atoms with E-state index in [1.54, 1.807) is 6.07 Å². The molecule has 29 heavy (non-hydrogen) atoms. The number of halogens is 2. The van der Waals surface area contributed by atoms with Gasteiger partial charge >= 0.3 is 0 Å². The molecule has 4 nitrogen and oxygen atoms in total. The van der Waals surface area contributed by atoms with Gasteiger partial charge in [0, 0.05) is 11.5 Å². The molecule has 0 radical (unpaired) electrons. The van der Waals surface area contributed by atoms with Crippen molar-refractivity contribution in [2.24, 2.45) is 0 Å². The maximum absolute atomic E-state index is 13.9. The summed E-state index contributed by atoms with van der Waals surface area (Å²) < 4.78 is 39.2. The van der Waals surface area contributed by atoms with E-state index in [0.29, 0.717) is 19.1 Å². The Hall–Kier alpha value is -2.86. The first-order valence-corrected chi connectivity index (χ1v) is 9.76. The SMILES string of the molecule is Fc1cccc(F)c1Oc1cc2c(nn1)[C@@]1(COCc3ccccc3)CC[C@@H]2C1. The molecule has 1 heterocycles. The average molecular weight is 394 g/mol. The van der Waals surface area contributed by atoms with E-state index in [9.17, 15) is 8.78 Å². The van der Waals surface area contributed by atoms with Crippen LogP contribution in [0.1, 0.15) is 42.0 Å². The van der Waals surface area contributed by atoms with E-state index in [4.69, 9.17) is 9.47 Å². The number of para-hydroxylation sites is 1. The van der Waals surface area contributed by atoms with Crippen molar-refractivity contribution in [3.8, 4) is 11.6 Å². The molecule has 6 heteroatoms. The second-order valence-corrected chi connectivity index (χ2v) is 7.84. The highest BCUT2D eigenvalue weighted by Gasteiger charge is 2.51. The third-order valence-corrected chi connectivity index (χ3v) is 5.97. The molecule has 0 spiro atoms. The van der Waals surface area contributed by atoms with E-state index in [0.717, 1.165) is 48.2 Å². The molecule has 0 aliphatic heterocycles. The predicted octanol–water partition coefficient (Wildman–Crippen LogP) is 5.28. The van der Waals surface area contributed by atoms with Crippen LogP contribution in [0.5, 0.6) is 11.6 Å². The fraction of sp³-hybridized carbons (Fsp3) is 0.304. The number of rotatable bonds is 6. The minimum atomic E-state index is -0.764. The van der Waals surface area contributed by atoms with Crippen molar-refractivity contribution in [3.63, 3.8) is 0 Å². The van der Waals surface area contributed by atoms with Gasteiger partial charge in [-0.1, -0.05) is 36.4 Å². The topological polar surface area (TPSA) is 44.2 Å². The zero-order chi connectivity index (χ0) is 19.8. The lowest BCUT2D eigenvalue weighted by Gasteiger charge is -2.27. The summed E-state index contributed by atoms with van der Waals surface area (Å²) >= 11 is 0. The van der Waals surface area contributed by atoms with Gasteiger partial charge < -0.3 is 9.47 Å². The summed E-state index contributed by atoms with van der Waals surface area (Å²) in [6, 6.07) is 15.4. The van der Waals surface area contributed by atoms with Gasteiger partial charge in [-0.2, -0.15) is 5.10 Å². The molecular formula is C23H20F2N2O2. The zero-order valence-corrected chi connectivity index (χ0v) is 15.8. The van der Waals surface area contributed by atoms with Gasteiger partial charge in [0.25, 0.3) is 0 Å². The summed E-state index contributed by atoms with van der Waals surface area (Å²) in [5, 5.41) is 8.49. The van der Waals surface area contributed by atoms with E-state index in [-0.39, 0.29) is 11.3 Å². The quantitative estimate of drug-likeness (QED) is 0.570. The highest BCUT2D eigenvalue weighted by atomic mass is 19.1. The molecule has 2 aliphatic rings. The van der Waals surface area contributed by atoms with E-state index in [2.05, 4.69) is 10.2 Å². The van der Waals surface area contributed by atoms with Gasteiger partial charge in [-0.3, -0.25) is 0 Å². The number of aromatic nitrogens is 2. The lowest BCUT2D eigenvalue weighted by molar-refractivity contribution is 0.0719. The molecule has 1 aromatic heterocycles. The number of fused-ring (bicyclic) bond motifs is 5. The maximum Gasteiger partial charge on any atom is 0.239 e. The van der Waals surface area contributed by atoms with E-state index in [1.807, 2.05) is 30.3 Å². The first-order valence-electron chi connectivity index (χ1n) is 9.76. The molecule has 2 aliphatic carbocycles. The van der Waals surface area contributed by atoms with Crippen molar-refractivity contribution >= 4 is 0 Å². The normalized spacial score (nSPS) is 21.9. The van der Waals surface area contributed by atoms with Crippen LogP contribution in [-0.4, -0.2) is 16.8 Å². The van der Waals surface area contributed by atoms with E-state index in [1.165, 1.54) is 6.07 Å². The lowest BCUT2D eigenvalue weighted by atomic mass is 9.84. The van der Waals surface area contributed by atoms with Crippen molar-refractivity contribution in [2.75, 3.05) is 6.61 Å². The summed E-state index contributed by atoms with van der Waals surface area (Å²) in [4.78, 5) is 0. The molecule has 5 rings (SSSR count). The monoisotopic (exact) mass is 394 g/mol. The third-order valence-electron chi connectivity index (χ3n) is 5.97. The lowest BCUT2D eigenvalue weighted by Crippen LogP contribution is -2.29. The van der Waals surface area contributed by atoms with Crippen molar-refractivity contribution < 1.29 is 18.3 Å². The van der Waals surface area contributed by atoms with Crippen LogP contribution in [0.3, 0.4) is 0 Å². The van der Waals surface area contributed by atoms with E-state index >= 15 is 0 Å². The average Bonchev–Trinajstić information content (AvgIpc) is 3.29. The summed E-state index contributed by atoms with van der Waals surface area (Å²) in [7, 11) is 0. The molecule has 0 saturated heterocycles. The fourth-order valence-electron chi connectivity index (χ4n) is 4.59. The van der Waals surface area contributed by atoms with Crippen molar-refractivity contribution in [1.82, 2.24) is 10.2 Å². The molecule has 1 saturated carbocycles. The minimum Gasteiger partial charge on any atom is -0.431 e. The van der Waals surface area contributed by atoms with Crippen LogP contribution in [0.4, 0.5) is 8.78 Å². The summed E-state index contributed by atoms with van der Waals surface area (Å²) in [6.45, 7) is 1.14. The number of nitrogens with zero attached hydrogens (tertiary/aromatic N) is 2. The van der Waals surface area contributed by atoms with Crippen molar-refractivity contribution in [1.29, 1.82) is 0 Å². The van der Waals surface area contributed by atoms with Crippen LogP contribution in [0.15, 0.2) is 54.6 Å². The molecule has 3 aromatic rings. The number of ether oxygens (including phenoxy) is 2. The second kappa shape index (κ2) is 7.19. The maximum atomic E-state index is 13.9. The highest BCUT2D eigenvalue weighted by Crippen LogP contribution is 2.56. The van der Waals surface area contributed by atoms with Crippen LogP contribution >= 0.6 is 0 Å². The van der Waals surface area contributed by atoms with Gasteiger partial charge in [-0.15, -0.1) is 5.10 Å². The standard InChI is InChI=1S/C23H20F2N2O2/c24-18-7-4-8-19(25)21(18)29-20-11-17-16-9-10-23(12-16,22(17)27-26-20)14-28-13-15-5-2-1-3-6-15/h1-8,11,16H,9-10,12-14H2/t16-,23+/m1/s1. The number of hydrogen-bond donors (Lipinski definition) is 0. The fourth-order valence-corrected chi connectivity index (χ4v) is 4.59. The summed E-state index contributed by atoms with van der Waals surface area (Å²) in [5.74, 6) is -1.51. The first kappa shape index (κ1) is 18.2. The van der Waals surface area contributed by atoms with Gasteiger partial charge in [-0.05, 0) is 48.4 Å². The molecule has 2 aromatic carbocycles. The summed E-state index contributed by atoms with van der Waals surface area (Å²) in [6.07, 6.45) is 3.01. The Balaban J connectivity index is 1.35. The van der Waals surface area contributed by atoms with Crippen LogP contribution in [0.2, 0.25) is 0 Å². The van der Waals surface area contributed by atoms with Crippen LogP contribution in [0, 0.1) is 11.6 Å². The molecule has 148 valence electrons. The van der Waals surface area contributed by atoms with Gasteiger partial charge in [-0.25, -0.2) is 8.78 Å². The largest absolute Gasteiger partial charge is 0.431 e. The summed E-state index contributed by atoms with van der Waals surface area (Å²) in [5.41, 5.74) is 2.99. The first-order chi connectivity index (χ1) is 14.1. The highest BCUT2D eigenvalue weighted by molar-refractivity contribution is 5.43. The molecule has 1 fully saturated rings. The Morgan fingerprint density at radius 2 is 1.79 bits per heavy atom. The zero-order valence-electron chi connectivity index (χ0n) is 15.8. The van der Waals surface area contributed by atoms with Crippen LogP contribution in [-0.2, 0) is 16.8 Å².